The summed E-state index contributed by atoms with van der Waals surface area (Å²) in [6.07, 6.45) is 1.76. The van der Waals surface area contributed by atoms with Gasteiger partial charge in [0.15, 0.2) is 0 Å². The van der Waals surface area contributed by atoms with Crippen LogP contribution in [0.3, 0.4) is 0 Å². The first-order valence-corrected chi connectivity index (χ1v) is 13.3. The predicted molar refractivity (Wildman–Crippen MR) is 96.8 cm³/mol. The van der Waals surface area contributed by atoms with Gasteiger partial charge in [0.25, 0.3) is 0 Å². The van der Waals surface area contributed by atoms with Crippen molar-refractivity contribution in [2.45, 2.75) is 18.8 Å². The zero-order valence-corrected chi connectivity index (χ0v) is 16.4. The van der Waals surface area contributed by atoms with E-state index >= 15 is 0 Å². The molecule has 1 rings (SSSR count). The molecule has 0 aromatic rings. The Morgan fingerprint density at radius 1 is 1.00 bits per heavy atom. The summed E-state index contributed by atoms with van der Waals surface area (Å²) in [6.45, 7) is 5.26. The van der Waals surface area contributed by atoms with Gasteiger partial charge in [0.05, 0.1) is 6.61 Å². The van der Waals surface area contributed by atoms with Crippen LogP contribution in [-0.2, 0) is 7.80 Å². The Morgan fingerprint density at radius 3 is 2.17 bits per heavy atom. The molecule has 0 aromatic carbocycles. The van der Waals surface area contributed by atoms with Gasteiger partial charge in [-0.15, -0.1) is 0 Å². The number of alkyl halides is 4. The molecule has 0 aliphatic carbocycles. The number of rotatable bonds is 12. The monoisotopic (exact) mass is 452 g/mol. The quantitative estimate of drug-likeness (QED) is 0.278. The van der Waals surface area contributed by atoms with E-state index < -0.39 is 39.4 Å². The Hall–Kier alpha value is 0.390. The van der Waals surface area contributed by atoms with Gasteiger partial charge in [-0.2, -0.15) is 0 Å². The van der Waals surface area contributed by atoms with Gasteiger partial charge in [-0.3, -0.25) is 4.90 Å². The number of hydrogen-bond acceptors (Lipinski definition) is 5. The summed E-state index contributed by atoms with van der Waals surface area (Å²) >= 11 is -1.56. The maximum absolute atomic E-state index is 13.4. The van der Waals surface area contributed by atoms with Crippen LogP contribution in [0.2, 0.25) is 0 Å². The standard InChI is InChI=1S/C15H31F2IN2O3/c1-18(2)23-14-15(16,17)13-22-12-4-3-5-19-6-8-20(9-7-19)10-11-21/h21H,3-14H2,1-2H3. The number of nitrogens with zero attached hydrogens (tertiary/aromatic N) is 2. The number of aliphatic hydroxyl groups is 1. The van der Waals surface area contributed by atoms with Crippen LogP contribution in [0, 0.1) is 0 Å². The summed E-state index contributed by atoms with van der Waals surface area (Å²) in [5.41, 5.74) is 0. The van der Waals surface area contributed by atoms with Crippen molar-refractivity contribution >= 4 is 20.2 Å². The van der Waals surface area contributed by atoms with Gasteiger partial charge < -0.3 is 5.11 Å². The first-order chi connectivity index (χ1) is 10.9. The third kappa shape index (κ3) is 10.8. The second-order valence-corrected chi connectivity index (χ2v) is 10.5. The molecular formula is C15H31F2IN2O3. The molecule has 8 heteroatoms. The Balaban J connectivity index is 1.97. The van der Waals surface area contributed by atoms with Crippen molar-refractivity contribution in [2.75, 3.05) is 75.6 Å². The predicted octanol–water partition coefficient (Wildman–Crippen LogP) is 1.73. The molecule has 140 valence electrons. The molecule has 0 bridgehead atoms. The Labute approximate surface area is 146 Å². The van der Waals surface area contributed by atoms with Gasteiger partial charge >= 0.3 is 123 Å². The van der Waals surface area contributed by atoms with Crippen molar-refractivity contribution in [3.63, 3.8) is 0 Å². The molecule has 1 aliphatic heterocycles. The van der Waals surface area contributed by atoms with Crippen molar-refractivity contribution in [2.24, 2.45) is 0 Å². The summed E-state index contributed by atoms with van der Waals surface area (Å²) in [5.74, 6) is -2.87. The van der Waals surface area contributed by atoms with E-state index in [-0.39, 0.29) is 6.61 Å². The van der Waals surface area contributed by atoms with Crippen LogP contribution >= 0.6 is 20.2 Å². The third-order valence-corrected chi connectivity index (χ3v) is 5.25. The van der Waals surface area contributed by atoms with Crippen molar-refractivity contribution < 1.29 is 21.7 Å². The number of aliphatic hydroxyl groups excluding tert-OH is 1. The van der Waals surface area contributed by atoms with Gasteiger partial charge in [-0.25, -0.2) is 0 Å². The van der Waals surface area contributed by atoms with E-state index in [9.17, 15) is 8.78 Å². The fourth-order valence-electron chi connectivity index (χ4n) is 2.37. The summed E-state index contributed by atoms with van der Waals surface area (Å²) < 4.78 is 37.0. The summed E-state index contributed by atoms with van der Waals surface area (Å²) in [4.78, 5) is 8.42. The summed E-state index contributed by atoms with van der Waals surface area (Å²) in [5, 5.41) is 8.90. The zero-order valence-electron chi connectivity index (χ0n) is 14.3. The molecule has 1 saturated heterocycles. The number of piperazine rings is 1. The van der Waals surface area contributed by atoms with E-state index in [0.29, 0.717) is 6.61 Å². The fourth-order valence-corrected chi connectivity index (χ4v) is 3.45. The topological polar surface area (TPSA) is 45.2 Å². The van der Waals surface area contributed by atoms with Gasteiger partial charge in [0.2, 0.25) is 0 Å². The van der Waals surface area contributed by atoms with E-state index in [4.69, 9.17) is 12.9 Å². The van der Waals surface area contributed by atoms with Crippen LogP contribution in [0.5, 0.6) is 0 Å². The Bertz CT molecular complexity index is 304. The molecule has 0 aromatic heterocycles. The SMILES string of the molecule is CI(C)OCC(F)(F)COCCCCN1CCN(CCO)CC1. The minimum atomic E-state index is -2.87. The van der Waals surface area contributed by atoms with Crippen LogP contribution in [0.1, 0.15) is 12.8 Å². The van der Waals surface area contributed by atoms with E-state index in [1.165, 1.54) is 0 Å². The molecule has 0 saturated carbocycles. The zero-order chi connectivity index (χ0) is 17.1. The van der Waals surface area contributed by atoms with Crippen molar-refractivity contribution in [1.82, 2.24) is 9.80 Å². The fraction of sp³-hybridized carbons (Fsp3) is 1.00. The molecule has 0 unspecified atom stereocenters. The molecule has 1 N–H and O–H groups in total. The summed E-state index contributed by atoms with van der Waals surface area (Å²) in [6, 6.07) is 0. The maximum atomic E-state index is 13.4. The van der Waals surface area contributed by atoms with Crippen LogP contribution in [0.4, 0.5) is 8.78 Å². The molecule has 0 spiro atoms. The average Bonchev–Trinajstić information content (AvgIpc) is 2.51. The Kier molecular flexibility index (Phi) is 11.1. The van der Waals surface area contributed by atoms with Gasteiger partial charge in [0, 0.05) is 6.54 Å². The van der Waals surface area contributed by atoms with Crippen LogP contribution in [0.15, 0.2) is 0 Å². The van der Waals surface area contributed by atoms with Crippen molar-refractivity contribution in [1.29, 1.82) is 0 Å². The van der Waals surface area contributed by atoms with Gasteiger partial charge in [-0.1, -0.05) is 0 Å². The molecule has 5 nitrogen and oxygen atoms in total. The molecule has 23 heavy (non-hydrogen) atoms. The van der Waals surface area contributed by atoms with E-state index in [0.717, 1.165) is 52.1 Å². The molecule has 0 atom stereocenters. The first-order valence-electron chi connectivity index (χ1n) is 8.07. The number of unbranched alkanes of at least 4 members (excludes halogenated alkanes) is 1. The van der Waals surface area contributed by atoms with E-state index in [2.05, 4.69) is 9.80 Å². The number of halogens is 3. The Morgan fingerprint density at radius 2 is 1.61 bits per heavy atom. The number of β-amino-alcohol motifs (C(OH)–C–C–N with tert-alkyl or cyclic N) is 1. The number of hydrogen-bond donors (Lipinski definition) is 1. The van der Waals surface area contributed by atoms with Crippen molar-refractivity contribution in [3.8, 4) is 0 Å². The third-order valence-electron chi connectivity index (χ3n) is 3.69. The molecule has 1 aliphatic rings. The second kappa shape index (κ2) is 11.9. The molecule has 1 heterocycles. The molecule has 0 radical (unpaired) electrons. The normalized spacial score (nSPS) is 18.4. The molecular weight excluding hydrogens is 421 g/mol. The van der Waals surface area contributed by atoms with E-state index in [1.807, 2.05) is 9.86 Å². The number of ether oxygens (including phenoxy) is 1. The summed E-state index contributed by atoms with van der Waals surface area (Å²) in [7, 11) is 0. The van der Waals surface area contributed by atoms with Crippen LogP contribution < -0.4 is 0 Å². The van der Waals surface area contributed by atoms with Gasteiger partial charge in [0.1, 0.15) is 0 Å². The van der Waals surface area contributed by atoms with Crippen LogP contribution in [0.25, 0.3) is 0 Å². The molecule has 1 fully saturated rings. The second-order valence-electron chi connectivity index (χ2n) is 5.96. The van der Waals surface area contributed by atoms with Crippen molar-refractivity contribution in [3.05, 3.63) is 0 Å². The van der Waals surface area contributed by atoms with Gasteiger partial charge in [-0.05, 0) is 0 Å². The first kappa shape index (κ1) is 21.4. The average molecular weight is 452 g/mol. The molecule has 0 amide bonds. The van der Waals surface area contributed by atoms with E-state index in [1.54, 1.807) is 0 Å². The minimum absolute atomic E-state index is 0.215. The van der Waals surface area contributed by atoms with Crippen LogP contribution in [-0.4, -0.2) is 96.4 Å².